The van der Waals surface area contributed by atoms with Crippen molar-refractivity contribution in [2.45, 2.75) is 4.90 Å². The van der Waals surface area contributed by atoms with Gasteiger partial charge >= 0.3 is 0 Å². The number of nitrogens with zero attached hydrogens (tertiary/aromatic N) is 2. The van der Waals surface area contributed by atoms with Crippen LogP contribution in [0.25, 0.3) is 10.9 Å². The molecule has 0 radical (unpaired) electrons. The maximum Gasteiger partial charge on any atom is 0.248 e. The third-order valence-corrected chi connectivity index (χ3v) is 4.24. The van der Waals surface area contributed by atoms with Crippen LogP contribution in [0.4, 0.5) is 11.6 Å². The Bertz CT molecular complexity index is 1030. The van der Waals surface area contributed by atoms with Gasteiger partial charge in [-0.05, 0) is 36.4 Å². The van der Waals surface area contributed by atoms with Crippen molar-refractivity contribution in [2.75, 3.05) is 5.32 Å². The second-order valence-electron chi connectivity index (χ2n) is 5.03. The molecule has 0 saturated carbocycles. The van der Waals surface area contributed by atoms with Crippen molar-refractivity contribution < 1.29 is 13.2 Å². The summed E-state index contributed by atoms with van der Waals surface area (Å²) in [5.41, 5.74) is 6.76. The highest BCUT2D eigenvalue weighted by atomic mass is 32.2. The van der Waals surface area contributed by atoms with Gasteiger partial charge in [0.25, 0.3) is 0 Å². The number of aromatic nitrogens is 2. The number of carbonyl (C=O) groups is 1. The smallest absolute Gasteiger partial charge is 0.248 e. The Labute approximate surface area is 137 Å². The van der Waals surface area contributed by atoms with E-state index in [1.165, 1.54) is 12.1 Å². The highest BCUT2D eigenvalue weighted by Crippen LogP contribution is 2.19. The van der Waals surface area contributed by atoms with Crippen molar-refractivity contribution in [3.8, 4) is 0 Å². The van der Waals surface area contributed by atoms with Gasteiger partial charge in [0.1, 0.15) is 0 Å². The number of primary amides is 1. The topological polar surface area (TPSA) is 141 Å². The van der Waals surface area contributed by atoms with E-state index in [1.54, 1.807) is 36.5 Å². The third-order valence-electron chi connectivity index (χ3n) is 3.31. The van der Waals surface area contributed by atoms with Crippen LogP contribution in [-0.2, 0) is 10.0 Å². The number of hydrogen-bond donors (Lipinski definition) is 3. The number of anilines is 2. The second kappa shape index (κ2) is 5.87. The lowest BCUT2D eigenvalue weighted by Gasteiger charge is -2.07. The molecule has 0 atom stereocenters. The predicted molar refractivity (Wildman–Crippen MR) is 89.2 cm³/mol. The van der Waals surface area contributed by atoms with Gasteiger partial charge in [0.15, 0.2) is 0 Å². The average Bonchev–Trinajstić information content (AvgIpc) is 2.54. The molecule has 0 aliphatic heterocycles. The molecule has 0 aliphatic carbocycles. The molecule has 1 aromatic heterocycles. The predicted octanol–water partition coefficient (Wildman–Crippen LogP) is 1.12. The van der Waals surface area contributed by atoms with Gasteiger partial charge in [-0.25, -0.2) is 23.5 Å². The number of nitrogens with one attached hydrogen (secondary N) is 1. The van der Waals surface area contributed by atoms with Crippen LogP contribution in [0.1, 0.15) is 10.4 Å². The number of rotatable bonds is 4. The maximum atomic E-state index is 11.2. The van der Waals surface area contributed by atoms with E-state index in [9.17, 15) is 13.2 Å². The summed E-state index contributed by atoms with van der Waals surface area (Å²) in [4.78, 5) is 19.7. The Morgan fingerprint density at radius 3 is 2.42 bits per heavy atom. The van der Waals surface area contributed by atoms with Gasteiger partial charge in [0.2, 0.25) is 21.9 Å². The van der Waals surface area contributed by atoms with Crippen LogP contribution in [-0.4, -0.2) is 24.3 Å². The molecule has 2 aromatic carbocycles. The van der Waals surface area contributed by atoms with Gasteiger partial charge in [-0.2, -0.15) is 0 Å². The van der Waals surface area contributed by atoms with E-state index in [4.69, 9.17) is 10.9 Å². The molecule has 8 nitrogen and oxygen atoms in total. The van der Waals surface area contributed by atoms with Crippen LogP contribution < -0.4 is 16.2 Å². The third kappa shape index (κ3) is 3.31. The molecular formula is C15H13N5O3S. The van der Waals surface area contributed by atoms with Gasteiger partial charge in [-0.3, -0.25) is 4.79 Å². The SMILES string of the molecule is NC(=O)c1ccc2cnc(Nc3ccc(S(N)(=O)=O)cc3)nc2c1. The number of fused-ring (bicyclic) bond motifs is 1. The summed E-state index contributed by atoms with van der Waals surface area (Å²) in [6.07, 6.45) is 1.61. The monoisotopic (exact) mass is 343 g/mol. The number of benzene rings is 2. The second-order valence-corrected chi connectivity index (χ2v) is 6.59. The molecule has 1 heterocycles. The molecule has 0 spiro atoms. The van der Waals surface area contributed by atoms with Gasteiger partial charge in [0, 0.05) is 22.8 Å². The van der Waals surface area contributed by atoms with E-state index < -0.39 is 15.9 Å². The van der Waals surface area contributed by atoms with E-state index in [1.807, 2.05) is 0 Å². The van der Waals surface area contributed by atoms with Crippen LogP contribution in [0.15, 0.2) is 53.6 Å². The Morgan fingerprint density at radius 1 is 1.08 bits per heavy atom. The highest BCUT2D eigenvalue weighted by Gasteiger charge is 2.08. The first kappa shape index (κ1) is 15.8. The number of carbonyl (C=O) groups excluding carboxylic acids is 1. The Hall–Kier alpha value is -3.04. The van der Waals surface area contributed by atoms with Crippen LogP contribution in [0.2, 0.25) is 0 Å². The Morgan fingerprint density at radius 2 is 1.79 bits per heavy atom. The van der Waals surface area contributed by atoms with Crippen molar-refractivity contribution in [3.63, 3.8) is 0 Å². The summed E-state index contributed by atoms with van der Waals surface area (Å²) >= 11 is 0. The molecule has 122 valence electrons. The maximum absolute atomic E-state index is 11.2. The molecule has 3 rings (SSSR count). The van der Waals surface area contributed by atoms with Crippen molar-refractivity contribution in [1.29, 1.82) is 0 Å². The molecule has 24 heavy (non-hydrogen) atoms. The van der Waals surface area contributed by atoms with Crippen molar-refractivity contribution >= 4 is 38.5 Å². The summed E-state index contributed by atoms with van der Waals surface area (Å²) in [6, 6.07) is 10.7. The van der Waals surface area contributed by atoms with Crippen molar-refractivity contribution in [3.05, 3.63) is 54.2 Å². The minimum atomic E-state index is -3.74. The van der Waals surface area contributed by atoms with E-state index in [0.717, 1.165) is 5.39 Å². The molecule has 0 aliphatic rings. The summed E-state index contributed by atoms with van der Waals surface area (Å²) in [7, 11) is -3.74. The highest BCUT2D eigenvalue weighted by molar-refractivity contribution is 7.89. The van der Waals surface area contributed by atoms with Gasteiger partial charge in [-0.1, -0.05) is 6.07 Å². The molecule has 9 heteroatoms. The fraction of sp³-hybridized carbons (Fsp3) is 0. The summed E-state index contributed by atoms with van der Waals surface area (Å²) in [5.74, 6) is -0.240. The Kier molecular flexibility index (Phi) is 3.87. The lowest BCUT2D eigenvalue weighted by Crippen LogP contribution is -2.11. The number of nitrogens with two attached hydrogens (primary N) is 2. The number of sulfonamides is 1. The van der Waals surface area contributed by atoms with Crippen LogP contribution in [0.3, 0.4) is 0 Å². The normalized spacial score (nSPS) is 11.4. The molecule has 3 aromatic rings. The zero-order valence-electron chi connectivity index (χ0n) is 12.3. The molecular weight excluding hydrogens is 330 g/mol. The average molecular weight is 343 g/mol. The molecule has 0 bridgehead atoms. The van der Waals surface area contributed by atoms with E-state index in [2.05, 4.69) is 15.3 Å². The first-order valence-corrected chi connectivity index (χ1v) is 8.34. The fourth-order valence-electron chi connectivity index (χ4n) is 2.09. The first-order chi connectivity index (χ1) is 11.3. The van der Waals surface area contributed by atoms with Crippen LogP contribution in [0, 0.1) is 0 Å². The number of amides is 1. The van der Waals surface area contributed by atoms with Crippen LogP contribution >= 0.6 is 0 Å². The number of hydrogen-bond acceptors (Lipinski definition) is 6. The molecule has 5 N–H and O–H groups in total. The summed E-state index contributed by atoms with van der Waals surface area (Å²) in [5, 5.41) is 8.76. The lowest BCUT2D eigenvalue weighted by atomic mass is 10.1. The fourth-order valence-corrected chi connectivity index (χ4v) is 2.61. The zero-order chi connectivity index (χ0) is 17.3. The summed E-state index contributed by atoms with van der Waals surface area (Å²) in [6.45, 7) is 0. The first-order valence-electron chi connectivity index (χ1n) is 6.79. The van der Waals surface area contributed by atoms with Crippen LogP contribution in [0.5, 0.6) is 0 Å². The molecule has 0 unspecified atom stereocenters. The van der Waals surface area contributed by atoms with E-state index in [-0.39, 0.29) is 4.90 Å². The molecule has 0 fully saturated rings. The van der Waals surface area contributed by atoms with Gasteiger partial charge < -0.3 is 11.1 Å². The van der Waals surface area contributed by atoms with E-state index >= 15 is 0 Å². The van der Waals surface area contributed by atoms with Gasteiger partial charge in [0.05, 0.1) is 10.4 Å². The quantitative estimate of drug-likeness (QED) is 0.648. The summed E-state index contributed by atoms with van der Waals surface area (Å²) < 4.78 is 22.5. The zero-order valence-corrected chi connectivity index (χ0v) is 13.1. The lowest BCUT2D eigenvalue weighted by molar-refractivity contribution is 0.100. The van der Waals surface area contributed by atoms with Gasteiger partial charge in [-0.15, -0.1) is 0 Å². The van der Waals surface area contributed by atoms with Crippen molar-refractivity contribution in [2.24, 2.45) is 10.9 Å². The minimum absolute atomic E-state index is 0.0126. The number of primary sulfonamides is 1. The molecule has 1 amide bonds. The van der Waals surface area contributed by atoms with E-state index in [0.29, 0.717) is 22.7 Å². The minimum Gasteiger partial charge on any atom is -0.366 e. The largest absolute Gasteiger partial charge is 0.366 e. The van der Waals surface area contributed by atoms with Crippen molar-refractivity contribution in [1.82, 2.24) is 9.97 Å². The standard InChI is InChI=1S/C15H13N5O3S/c16-14(21)9-1-2-10-8-18-15(20-13(10)7-9)19-11-3-5-12(6-4-11)24(17,22)23/h1-8H,(H2,16,21)(H2,17,22,23)(H,18,19,20). The Balaban J connectivity index is 1.91. The molecule has 0 saturated heterocycles.